The maximum Gasteiger partial charge on any atom is 0.356 e. The van der Waals surface area contributed by atoms with Gasteiger partial charge in [-0.2, -0.15) is 0 Å². The number of ketones is 1. The molecule has 2 heterocycles. The zero-order valence-electron chi connectivity index (χ0n) is 16.6. The number of benzene rings is 1. The van der Waals surface area contributed by atoms with Gasteiger partial charge in [-0.1, -0.05) is 48.6 Å². The Hall–Kier alpha value is -3.87. The van der Waals surface area contributed by atoms with Crippen molar-refractivity contribution in [3.63, 3.8) is 0 Å². The predicted octanol–water partition coefficient (Wildman–Crippen LogP) is 3.21. The number of aromatic carboxylic acids is 1. The first-order valence-corrected chi connectivity index (χ1v) is 9.43. The van der Waals surface area contributed by atoms with Gasteiger partial charge >= 0.3 is 5.97 Å². The second-order valence-electron chi connectivity index (χ2n) is 6.99. The van der Waals surface area contributed by atoms with E-state index in [1.54, 1.807) is 43.5 Å². The number of carboxylic acids is 1. The van der Waals surface area contributed by atoms with Crippen LogP contribution in [0, 0.1) is 0 Å². The van der Waals surface area contributed by atoms with Crippen molar-refractivity contribution in [2.24, 2.45) is 7.05 Å². The number of carboxylic acid groups (broad SMARTS) is 1. The molecule has 0 atom stereocenters. The van der Waals surface area contributed by atoms with Gasteiger partial charge in [-0.25, -0.2) is 4.79 Å². The van der Waals surface area contributed by atoms with Crippen LogP contribution in [0.2, 0.25) is 0 Å². The minimum atomic E-state index is -1.20. The number of rotatable bonds is 5. The van der Waals surface area contributed by atoms with Crippen LogP contribution in [0.25, 0.3) is 21.8 Å². The van der Waals surface area contributed by atoms with E-state index < -0.39 is 11.5 Å². The van der Waals surface area contributed by atoms with Crippen LogP contribution in [0.1, 0.15) is 16.9 Å². The molecule has 30 heavy (non-hydrogen) atoms. The highest BCUT2D eigenvalue weighted by atomic mass is 16.5. The topological polar surface area (TPSA) is 90.5 Å². The molecule has 1 aromatic carbocycles. The minimum Gasteiger partial charge on any atom is -0.493 e. The summed E-state index contributed by atoms with van der Waals surface area (Å²) in [4.78, 5) is 38.2. The molecule has 0 unspecified atom stereocenters. The van der Waals surface area contributed by atoms with Crippen LogP contribution in [-0.4, -0.2) is 33.1 Å². The molecule has 4 rings (SSSR count). The lowest BCUT2D eigenvalue weighted by Crippen LogP contribution is -2.25. The Morgan fingerprint density at radius 3 is 2.70 bits per heavy atom. The first-order valence-electron chi connectivity index (χ1n) is 9.43. The van der Waals surface area contributed by atoms with Crippen LogP contribution >= 0.6 is 0 Å². The second-order valence-corrected chi connectivity index (χ2v) is 6.99. The molecule has 0 saturated carbocycles. The fourth-order valence-corrected chi connectivity index (χ4v) is 3.92. The monoisotopic (exact) mass is 404 g/mol. The number of allylic oxidation sites excluding steroid dienone is 6. The third kappa shape index (κ3) is 2.95. The van der Waals surface area contributed by atoms with Crippen molar-refractivity contribution < 1.29 is 19.4 Å². The number of ether oxygens (including phenoxy) is 1. The molecule has 2 aromatic heterocycles. The van der Waals surface area contributed by atoms with Crippen LogP contribution in [0.5, 0.6) is 5.75 Å². The van der Waals surface area contributed by atoms with E-state index in [1.165, 1.54) is 16.2 Å². The number of aryl methyl sites for hydroxylation is 1. The molecule has 0 fully saturated rings. The van der Waals surface area contributed by atoms with Crippen LogP contribution in [0.3, 0.4) is 0 Å². The van der Waals surface area contributed by atoms with Crippen LogP contribution in [0.4, 0.5) is 0 Å². The third-order valence-electron chi connectivity index (χ3n) is 5.27. The SMILES string of the molecule is COc1c(C(=O)O)n(C)c2c1c(=O)n(CC(=O)C1=CC=CCC=C1)c1ccccc21. The Labute approximate surface area is 171 Å². The number of Topliss-reactive ketones (excluding diaryl/α,β-unsaturated/α-hetero) is 1. The Balaban J connectivity index is 2.03. The van der Waals surface area contributed by atoms with E-state index in [0.29, 0.717) is 22.0 Å². The van der Waals surface area contributed by atoms with Gasteiger partial charge in [-0.3, -0.25) is 14.2 Å². The van der Waals surface area contributed by atoms with Gasteiger partial charge < -0.3 is 14.4 Å². The van der Waals surface area contributed by atoms with E-state index in [1.807, 2.05) is 18.2 Å². The summed E-state index contributed by atoms with van der Waals surface area (Å²) in [6.45, 7) is -0.167. The number of hydrogen-bond acceptors (Lipinski definition) is 4. The van der Waals surface area contributed by atoms with Crippen molar-refractivity contribution in [2.75, 3.05) is 7.11 Å². The number of para-hydroxylation sites is 1. The minimum absolute atomic E-state index is 0.00605. The van der Waals surface area contributed by atoms with Gasteiger partial charge in [-0.15, -0.1) is 0 Å². The van der Waals surface area contributed by atoms with E-state index >= 15 is 0 Å². The van der Waals surface area contributed by atoms with Crippen LogP contribution in [0.15, 0.2) is 65.0 Å². The van der Waals surface area contributed by atoms with E-state index in [0.717, 1.165) is 6.42 Å². The molecule has 1 aliphatic carbocycles. The van der Waals surface area contributed by atoms with Gasteiger partial charge in [0.2, 0.25) is 0 Å². The van der Waals surface area contributed by atoms with Crippen molar-refractivity contribution >= 4 is 33.6 Å². The predicted molar refractivity (Wildman–Crippen MR) is 114 cm³/mol. The normalized spacial score (nSPS) is 13.5. The van der Waals surface area contributed by atoms with E-state index in [9.17, 15) is 19.5 Å². The fourth-order valence-electron chi connectivity index (χ4n) is 3.92. The Kier molecular flexibility index (Phi) is 4.87. The largest absolute Gasteiger partial charge is 0.493 e. The number of pyridine rings is 1. The summed E-state index contributed by atoms with van der Waals surface area (Å²) in [6, 6.07) is 7.14. The second kappa shape index (κ2) is 7.51. The highest BCUT2D eigenvalue weighted by Crippen LogP contribution is 2.34. The van der Waals surface area contributed by atoms with Gasteiger partial charge in [0.15, 0.2) is 17.2 Å². The highest BCUT2D eigenvalue weighted by Gasteiger charge is 2.27. The molecule has 152 valence electrons. The summed E-state index contributed by atoms with van der Waals surface area (Å²) in [5.41, 5.74) is 0.942. The Bertz CT molecular complexity index is 1350. The summed E-state index contributed by atoms with van der Waals surface area (Å²) in [5, 5.41) is 10.5. The Morgan fingerprint density at radius 2 is 1.97 bits per heavy atom. The molecule has 0 amide bonds. The first kappa shape index (κ1) is 19.4. The molecular weight excluding hydrogens is 384 g/mol. The summed E-state index contributed by atoms with van der Waals surface area (Å²) in [7, 11) is 2.92. The van der Waals surface area contributed by atoms with Crippen LogP contribution in [-0.2, 0) is 18.4 Å². The number of carbonyl (C=O) groups is 2. The zero-order valence-corrected chi connectivity index (χ0v) is 16.6. The molecule has 0 bridgehead atoms. The van der Waals surface area contributed by atoms with Gasteiger partial charge in [0.1, 0.15) is 5.39 Å². The molecule has 0 spiro atoms. The van der Waals surface area contributed by atoms with E-state index in [4.69, 9.17) is 4.74 Å². The lowest BCUT2D eigenvalue weighted by molar-refractivity contribution is -0.115. The number of aromatic nitrogens is 2. The van der Waals surface area contributed by atoms with Gasteiger partial charge in [0.05, 0.1) is 24.7 Å². The van der Waals surface area contributed by atoms with Crippen molar-refractivity contribution in [3.05, 3.63) is 76.3 Å². The summed E-state index contributed by atoms with van der Waals surface area (Å²) in [6.07, 6.45) is 9.85. The smallest absolute Gasteiger partial charge is 0.356 e. The maximum atomic E-state index is 13.5. The standard InChI is InChI=1S/C23H20N2O5/c1-24-19-15-11-7-8-12-16(15)25(13-17(26)14-9-5-3-4-6-10-14)22(27)18(19)21(30-2)20(24)23(28)29/h3,5-12H,4,13H2,1-2H3,(H,28,29). The summed E-state index contributed by atoms with van der Waals surface area (Å²) in [5.74, 6) is -1.41. The molecule has 7 nitrogen and oxygen atoms in total. The molecule has 3 aromatic rings. The molecular formula is C23H20N2O5. The van der Waals surface area contributed by atoms with E-state index in [-0.39, 0.29) is 29.2 Å². The number of fused-ring (bicyclic) bond motifs is 3. The zero-order chi connectivity index (χ0) is 21.4. The lowest BCUT2D eigenvalue weighted by Gasteiger charge is -2.12. The third-order valence-corrected chi connectivity index (χ3v) is 5.27. The Morgan fingerprint density at radius 1 is 1.20 bits per heavy atom. The first-order chi connectivity index (χ1) is 14.5. The molecule has 7 heteroatoms. The van der Waals surface area contributed by atoms with Crippen molar-refractivity contribution in [1.29, 1.82) is 0 Å². The van der Waals surface area contributed by atoms with Gasteiger partial charge in [0, 0.05) is 18.0 Å². The van der Waals surface area contributed by atoms with Crippen molar-refractivity contribution in [3.8, 4) is 5.75 Å². The number of nitrogens with zero attached hydrogens (tertiary/aromatic N) is 2. The molecule has 0 aliphatic heterocycles. The maximum absolute atomic E-state index is 13.5. The van der Waals surface area contributed by atoms with Gasteiger partial charge in [-0.05, 0) is 12.5 Å². The molecule has 1 aliphatic rings. The van der Waals surface area contributed by atoms with Gasteiger partial charge in [0.25, 0.3) is 5.56 Å². The van der Waals surface area contributed by atoms with Crippen LogP contribution < -0.4 is 10.3 Å². The average molecular weight is 404 g/mol. The average Bonchev–Trinajstić information content (AvgIpc) is 2.88. The van der Waals surface area contributed by atoms with Crippen molar-refractivity contribution in [1.82, 2.24) is 9.13 Å². The lowest BCUT2D eigenvalue weighted by atomic mass is 10.1. The fraction of sp³-hybridized carbons (Fsp3) is 0.174. The number of hydrogen-bond donors (Lipinski definition) is 1. The highest BCUT2D eigenvalue weighted by molar-refractivity contribution is 6.11. The number of methoxy groups -OCH3 is 1. The van der Waals surface area contributed by atoms with E-state index in [2.05, 4.69) is 0 Å². The van der Waals surface area contributed by atoms with Crippen molar-refractivity contribution in [2.45, 2.75) is 13.0 Å². The molecule has 0 radical (unpaired) electrons. The summed E-state index contributed by atoms with van der Waals surface area (Å²) >= 11 is 0. The summed E-state index contributed by atoms with van der Waals surface area (Å²) < 4.78 is 8.17. The quantitative estimate of drug-likeness (QED) is 0.705. The number of carbonyl (C=O) groups excluding carboxylic acids is 1. The molecule has 1 N–H and O–H groups in total. The molecule has 0 saturated heterocycles.